The number of nitrogens with one attached hydrogen (secondary N) is 1. The SMILES string of the molecule is CC1CC2CC(C1)CC(O)(CN1CCc3cc(C(=O)NO)cnc3C1)C2.[HH].[HH]. The number of aromatic nitrogens is 1. The first-order chi connectivity index (χ1) is 12.4. The average Bonchev–Trinajstić information content (AvgIpc) is 2.59. The smallest absolute Gasteiger partial charge is 0.276 e. The molecule has 2 atom stereocenters. The van der Waals surface area contributed by atoms with Gasteiger partial charge in [0, 0.05) is 28.7 Å². The Morgan fingerprint density at radius 2 is 2.12 bits per heavy atom. The molecule has 3 aliphatic rings. The van der Waals surface area contributed by atoms with Crippen molar-refractivity contribution in [1.29, 1.82) is 0 Å². The van der Waals surface area contributed by atoms with Crippen molar-refractivity contribution in [2.24, 2.45) is 17.8 Å². The molecule has 0 spiro atoms. The quantitative estimate of drug-likeness (QED) is 0.568. The third-order valence-corrected chi connectivity index (χ3v) is 6.49. The molecule has 2 bridgehead atoms. The summed E-state index contributed by atoms with van der Waals surface area (Å²) in [5.74, 6) is 1.63. The van der Waals surface area contributed by atoms with E-state index in [9.17, 15) is 9.90 Å². The van der Waals surface area contributed by atoms with Crippen molar-refractivity contribution in [3.05, 3.63) is 29.1 Å². The van der Waals surface area contributed by atoms with Crippen LogP contribution in [0.4, 0.5) is 0 Å². The fourth-order valence-electron chi connectivity index (χ4n) is 5.73. The molecule has 1 aromatic heterocycles. The summed E-state index contributed by atoms with van der Waals surface area (Å²) in [6, 6.07) is 1.81. The van der Waals surface area contributed by atoms with E-state index in [1.807, 2.05) is 6.07 Å². The van der Waals surface area contributed by atoms with Gasteiger partial charge in [-0.15, -0.1) is 0 Å². The van der Waals surface area contributed by atoms with Gasteiger partial charge in [0.2, 0.25) is 0 Å². The van der Waals surface area contributed by atoms with Gasteiger partial charge in [-0.05, 0) is 67.9 Å². The molecular formula is C20H33N3O3. The van der Waals surface area contributed by atoms with Gasteiger partial charge in [-0.25, -0.2) is 5.48 Å². The Hall–Kier alpha value is -1.50. The zero-order chi connectivity index (χ0) is 18.3. The second-order valence-corrected chi connectivity index (χ2v) is 8.91. The predicted octanol–water partition coefficient (Wildman–Crippen LogP) is 2.63. The van der Waals surface area contributed by atoms with Crippen LogP contribution in [0.2, 0.25) is 0 Å². The molecule has 0 aromatic carbocycles. The van der Waals surface area contributed by atoms with E-state index in [4.69, 9.17) is 5.21 Å². The molecule has 4 rings (SSSR count). The van der Waals surface area contributed by atoms with E-state index in [-0.39, 0.29) is 2.85 Å². The van der Waals surface area contributed by atoms with E-state index in [0.29, 0.717) is 30.5 Å². The highest BCUT2D eigenvalue weighted by Crippen LogP contribution is 2.46. The van der Waals surface area contributed by atoms with Crippen LogP contribution in [0.1, 0.15) is 63.5 Å². The second kappa shape index (κ2) is 6.91. The third-order valence-electron chi connectivity index (χ3n) is 6.49. The predicted molar refractivity (Wildman–Crippen MR) is 101 cm³/mol. The molecule has 2 unspecified atom stereocenters. The molecule has 1 amide bonds. The summed E-state index contributed by atoms with van der Waals surface area (Å²) in [7, 11) is 0. The number of fused-ring (bicyclic) bond motifs is 3. The van der Waals surface area contributed by atoms with Crippen LogP contribution in [-0.2, 0) is 13.0 Å². The number of β-amino-alcohol motifs (C(OH)–C–C–N with tert-alkyl or cyclic N) is 1. The number of hydroxylamine groups is 1. The summed E-state index contributed by atoms with van der Waals surface area (Å²) in [6.45, 7) is 4.65. The summed E-state index contributed by atoms with van der Waals surface area (Å²) in [5, 5.41) is 20.0. The minimum absolute atomic E-state index is 0. The van der Waals surface area contributed by atoms with E-state index in [1.165, 1.54) is 25.5 Å². The van der Waals surface area contributed by atoms with Crippen molar-refractivity contribution in [1.82, 2.24) is 15.4 Å². The van der Waals surface area contributed by atoms with Gasteiger partial charge in [0.25, 0.3) is 5.91 Å². The molecule has 2 heterocycles. The van der Waals surface area contributed by atoms with Crippen LogP contribution in [-0.4, -0.2) is 44.8 Å². The number of hydrogen-bond donors (Lipinski definition) is 3. The molecular weight excluding hydrogens is 330 g/mol. The number of amides is 1. The first-order valence-corrected chi connectivity index (χ1v) is 9.81. The first kappa shape index (κ1) is 17.9. The van der Waals surface area contributed by atoms with E-state index >= 15 is 0 Å². The monoisotopic (exact) mass is 363 g/mol. The lowest BCUT2D eigenvalue weighted by atomic mass is 9.63. The first-order valence-electron chi connectivity index (χ1n) is 9.81. The summed E-state index contributed by atoms with van der Waals surface area (Å²) >= 11 is 0. The topological polar surface area (TPSA) is 85.7 Å². The van der Waals surface area contributed by atoms with E-state index in [1.54, 1.807) is 5.48 Å². The molecule has 2 fully saturated rings. The van der Waals surface area contributed by atoms with E-state index < -0.39 is 11.5 Å². The molecule has 2 saturated carbocycles. The van der Waals surface area contributed by atoms with Crippen molar-refractivity contribution in [3.8, 4) is 0 Å². The Labute approximate surface area is 157 Å². The summed E-state index contributed by atoms with van der Waals surface area (Å²) < 4.78 is 0. The lowest BCUT2D eigenvalue weighted by Crippen LogP contribution is -2.50. The molecule has 0 saturated heterocycles. The largest absolute Gasteiger partial charge is 0.389 e. The van der Waals surface area contributed by atoms with Crippen LogP contribution < -0.4 is 5.48 Å². The summed E-state index contributed by atoms with van der Waals surface area (Å²) in [5.41, 5.74) is 3.50. The maximum Gasteiger partial charge on any atom is 0.276 e. The Morgan fingerprint density at radius 3 is 2.81 bits per heavy atom. The number of carbonyl (C=O) groups is 1. The number of rotatable bonds is 3. The van der Waals surface area contributed by atoms with Gasteiger partial charge in [-0.3, -0.25) is 19.9 Å². The zero-order valence-corrected chi connectivity index (χ0v) is 15.4. The Bertz CT molecular complexity index is 685. The van der Waals surface area contributed by atoms with Crippen LogP contribution in [0.15, 0.2) is 12.3 Å². The van der Waals surface area contributed by atoms with Gasteiger partial charge in [-0.1, -0.05) is 6.92 Å². The molecule has 3 N–H and O–H groups in total. The van der Waals surface area contributed by atoms with Gasteiger partial charge >= 0.3 is 0 Å². The number of carbonyl (C=O) groups excluding carboxylic acids is 1. The lowest BCUT2D eigenvalue weighted by Gasteiger charge is -2.48. The fourth-order valence-corrected chi connectivity index (χ4v) is 5.73. The van der Waals surface area contributed by atoms with Crippen LogP contribution >= 0.6 is 0 Å². The van der Waals surface area contributed by atoms with Gasteiger partial charge in [-0.2, -0.15) is 0 Å². The van der Waals surface area contributed by atoms with Gasteiger partial charge in [0.05, 0.1) is 16.9 Å². The van der Waals surface area contributed by atoms with Crippen LogP contribution in [0, 0.1) is 17.8 Å². The molecule has 26 heavy (non-hydrogen) atoms. The molecule has 6 heteroatoms. The van der Waals surface area contributed by atoms with Crippen LogP contribution in [0.5, 0.6) is 0 Å². The highest BCUT2D eigenvalue weighted by atomic mass is 16.5. The number of aliphatic hydroxyl groups is 1. The minimum Gasteiger partial charge on any atom is -0.389 e. The normalized spacial score (nSPS) is 34.2. The van der Waals surface area contributed by atoms with Crippen molar-refractivity contribution < 1.29 is 18.0 Å². The molecule has 1 aliphatic heterocycles. The zero-order valence-electron chi connectivity index (χ0n) is 15.4. The second-order valence-electron chi connectivity index (χ2n) is 8.91. The van der Waals surface area contributed by atoms with Crippen LogP contribution in [0.3, 0.4) is 0 Å². The van der Waals surface area contributed by atoms with Gasteiger partial charge < -0.3 is 5.11 Å². The maximum absolute atomic E-state index is 11.5. The molecule has 6 nitrogen and oxygen atoms in total. The molecule has 2 aliphatic carbocycles. The van der Waals surface area contributed by atoms with Crippen LogP contribution in [0.25, 0.3) is 0 Å². The molecule has 146 valence electrons. The van der Waals surface area contributed by atoms with E-state index in [2.05, 4.69) is 16.8 Å². The van der Waals surface area contributed by atoms with E-state index in [0.717, 1.165) is 43.0 Å². The van der Waals surface area contributed by atoms with Crippen molar-refractivity contribution in [3.63, 3.8) is 0 Å². The molecule has 0 radical (unpaired) electrons. The highest BCUT2D eigenvalue weighted by Gasteiger charge is 2.43. The minimum atomic E-state index is -0.568. The number of pyridine rings is 1. The third kappa shape index (κ3) is 3.63. The number of nitrogens with zero attached hydrogens (tertiary/aromatic N) is 2. The van der Waals surface area contributed by atoms with Crippen molar-refractivity contribution in [2.45, 2.75) is 57.6 Å². The number of hydrogen-bond acceptors (Lipinski definition) is 5. The standard InChI is InChI=1S/C20H29N3O3.2H2/c1-13-4-14-6-15(5-13)9-20(25,8-14)12-23-3-2-16-7-17(19(24)22-26)10-21-18(16)11-23;;/h7,10,13-15,25-26H,2-6,8-9,11-12H2,1H3,(H,22,24);2*1H. The van der Waals surface area contributed by atoms with Crippen molar-refractivity contribution in [2.75, 3.05) is 13.1 Å². The summed E-state index contributed by atoms with van der Waals surface area (Å²) in [6.07, 6.45) is 8.01. The van der Waals surface area contributed by atoms with Gasteiger partial charge in [0.1, 0.15) is 0 Å². The van der Waals surface area contributed by atoms with Crippen molar-refractivity contribution >= 4 is 5.91 Å². The average molecular weight is 364 g/mol. The molecule has 1 aromatic rings. The van der Waals surface area contributed by atoms with Gasteiger partial charge in [0.15, 0.2) is 0 Å². The lowest BCUT2D eigenvalue weighted by molar-refractivity contribution is -0.0800. The summed E-state index contributed by atoms with van der Waals surface area (Å²) in [4.78, 5) is 18.3. The maximum atomic E-state index is 11.5. The Balaban J connectivity index is 0.00000140. The Morgan fingerprint density at radius 1 is 1.38 bits per heavy atom. The highest BCUT2D eigenvalue weighted by molar-refractivity contribution is 5.93. The fraction of sp³-hybridized carbons (Fsp3) is 0.700. The Kier molecular flexibility index (Phi) is 4.75.